The lowest BCUT2D eigenvalue weighted by molar-refractivity contribution is 0.115. The van der Waals surface area contributed by atoms with Crippen LogP contribution < -0.4 is 11.1 Å². The Morgan fingerprint density at radius 3 is 3.12 bits per heavy atom. The summed E-state index contributed by atoms with van der Waals surface area (Å²) in [5.74, 6) is 0.882. The lowest BCUT2D eigenvalue weighted by Crippen LogP contribution is -2.30. The highest BCUT2D eigenvalue weighted by Gasteiger charge is 2.06. The molecule has 4 N–H and O–H groups in total. The van der Waals surface area contributed by atoms with E-state index in [1.165, 1.54) is 0 Å². The monoisotopic (exact) mass is 241 g/mol. The van der Waals surface area contributed by atoms with Crippen molar-refractivity contribution in [1.29, 1.82) is 0 Å². The number of oxime groups is 1. The van der Waals surface area contributed by atoms with Crippen LogP contribution in [0.4, 0.5) is 5.82 Å². The van der Waals surface area contributed by atoms with Crippen LogP contribution in [-0.2, 0) is 11.3 Å². The number of nitrogens with one attached hydrogen (secondary N) is 1. The average molecular weight is 241 g/mol. The van der Waals surface area contributed by atoms with Crippen molar-refractivity contribution in [3.63, 3.8) is 0 Å². The lowest BCUT2D eigenvalue weighted by Gasteiger charge is -2.11. The minimum atomic E-state index is -0.394. The molecule has 0 fully saturated rings. The van der Waals surface area contributed by atoms with Crippen LogP contribution in [-0.4, -0.2) is 40.1 Å². The molecule has 0 aliphatic heterocycles. The van der Waals surface area contributed by atoms with Gasteiger partial charge in [-0.05, 0) is 13.8 Å². The molecule has 0 aliphatic carbocycles. The standard InChI is InChI=1S/C10H19N5O2/c1-3-15-6-4-9(13-15)12-5-7-17-8(2)10(11)14-16/h4,6,8,16H,3,5,7H2,1-2H3,(H2,11,14)(H,12,13). The number of hydrogen-bond acceptors (Lipinski definition) is 5. The molecular formula is C10H19N5O2. The van der Waals surface area contributed by atoms with Gasteiger partial charge in [-0.25, -0.2) is 0 Å². The van der Waals surface area contributed by atoms with E-state index in [0.717, 1.165) is 12.4 Å². The fourth-order valence-electron chi connectivity index (χ4n) is 1.21. The summed E-state index contributed by atoms with van der Waals surface area (Å²) >= 11 is 0. The zero-order chi connectivity index (χ0) is 12.7. The van der Waals surface area contributed by atoms with Gasteiger partial charge >= 0.3 is 0 Å². The average Bonchev–Trinajstić information content (AvgIpc) is 2.81. The number of nitrogens with two attached hydrogens (primary N) is 1. The van der Waals surface area contributed by atoms with Gasteiger partial charge < -0.3 is 21.0 Å². The molecule has 1 aromatic rings. The zero-order valence-corrected chi connectivity index (χ0v) is 10.1. The first-order valence-corrected chi connectivity index (χ1v) is 5.53. The zero-order valence-electron chi connectivity index (χ0n) is 10.1. The van der Waals surface area contributed by atoms with Gasteiger partial charge in [0.2, 0.25) is 0 Å². The molecule has 0 spiro atoms. The van der Waals surface area contributed by atoms with Gasteiger partial charge in [0, 0.05) is 25.4 Å². The maximum Gasteiger partial charge on any atom is 0.168 e. The van der Waals surface area contributed by atoms with E-state index in [1.807, 2.05) is 23.9 Å². The molecule has 1 unspecified atom stereocenters. The van der Waals surface area contributed by atoms with Crippen molar-refractivity contribution in [3.05, 3.63) is 12.3 Å². The first-order valence-electron chi connectivity index (χ1n) is 5.53. The number of aryl methyl sites for hydroxylation is 1. The molecule has 0 bridgehead atoms. The summed E-state index contributed by atoms with van der Waals surface area (Å²) in [5, 5.41) is 18.7. The number of anilines is 1. The Labute approximate surface area is 100 Å². The molecule has 1 heterocycles. The van der Waals surface area contributed by atoms with Crippen LogP contribution in [0.3, 0.4) is 0 Å². The highest BCUT2D eigenvalue weighted by molar-refractivity contribution is 5.83. The second-order valence-corrected chi connectivity index (χ2v) is 3.52. The van der Waals surface area contributed by atoms with Crippen molar-refractivity contribution in [2.24, 2.45) is 10.9 Å². The second-order valence-electron chi connectivity index (χ2n) is 3.52. The van der Waals surface area contributed by atoms with Gasteiger partial charge in [-0.2, -0.15) is 5.10 Å². The van der Waals surface area contributed by atoms with Crippen LogP contribution in [0.5, 0.6) is 0 Å². The SMILES string of the molecule is CCn1ccc(NCCOC(C)/C(N)=N/O)n1. The van der Waals surface area contributed by atoms with Crippen molar-refractivity contribution < 1.29 is 9.94 Å². The Bertz CT molecular complexity index is 363. The molecular weight excluding hydrogens is 222 g/mol. The molecule has 1 atom stereocenters. The van der Waals surface area contributed by atoms with Crippen LogP contribution in [0, 0.1) is 0 Å². The third kappa shape index (κ3) is 4.31. The fraction of sp³-hybridized carbons (Fsp3) is 0.600. The lowest BCUT2D eigenvalue weighted by atomic mass is 10.4. The van der Waals surface area contributed by atoms with Gasteiger partial charge in [0.15, 0.2) is 5.84 Å². The van der Waals surface area contributed by atoms with Crippen LogP contribution in [0.25, 0.3) is 0 Å². The first-order chi connectivity index (χ1) is 8.17. The molecule has 0 amide bonds. The number of amidine groups is 1. The van der Waals surface area contributed by atoms with Crippen molar-refractivity contribution in [3.8, 4) is 0 Å². The summed E-state index contributed by atoms with van der Waals surface area (Å²) in [7, 11) is 0. The quantitative estimate of drug-likeness (QED) is 0.212. The van der Waals surface area contributed by atoms with Gasteiger partial charge in [-0.15, -0.1) is 0 Å². The summed E-state index contributed by atoms with van der Waals surface area (Å²) in [5.41, 5.74) is 5.37. The van der Waals surface area contributed by atoms with Crippen molar-refractivity contribution in [2.45, 2.75) is 26.5 Å². The van der Waals surface area contributed by atoms with Crippen molar-refractivity contribution >= 4 is 11.7 Å². The molecule has 1 rings (SSSR count). The van der Waals surface area contributed by atoms with Crippen molar-refractivity contribution in [2.75, 3.05) is 18.5 Å². The first kappa shape index (κ1) is 13.3. The topological polar surface area (TPSA) is 97.7 Å². The molecule has 0 aromatic carbocycles. The summed E-state index contributed by atoms with van der Waals surface area (Å²) in [4.78, 5) is 0. The largest absolute Gasteiger partial charge is 0.409 e. The molecule has 0 saturated carbocycles. The van der Waals surface area contributed by atoms with Crippen LogP contribution in [0.1, 0.15) is 13.8 Å². The highest BCUT2D eigenvalue weighted by atomic mass is 16.5. The normalized spacial score (nSPS) is 13.6. The van der Waals surface area contributed by atoms with Crippen molar-refractivity contribution in [1.82, 2.24) is 9.78 Å². The van der Waals surface area contributed by atoms with Crippen LogP contribution in [0.2, 0.25) is 0 Å². The number of rotatable bonds is 7. The van der Waals surface area contributed by atoms with E-state index in [4.69, 9.17) is 15.7 Å². The van der Waals surface area contributed by atoms with Crippen LogP contribution >= 0.6 is 0 Å². The minimum Gasteiger partial charge on any atom is -0.409 e. The van der Waals surface area contributed by atoms with Crippen LogP contribution in [0.15, 0.2) is 17.4 Å². The molecule has 17 heavy (non-hydrogen) atoms. The minimum absolute atomic E-state index is 0.0697. The van der Waals surface area contributed by atoms with Gasteiger partial charge in [0.1, 0.15) is 11.9 Å². The number of hydrogen-bond donors (Lipinski definition) is 3. The van der Waals surface area contributed by atoms with E-state index in [0.29, 0.717) is 13.2 Å². The van der Waals surface area contributed by atoms with E-state index in [-0.39, 0.29) is 5.84 Å². The Morgan fingerprint density at radius 2 is 2.53 bits per heavy atom. The molecule has 0 aliphatic rings. The number of aromatic nitrogens is 2. The predicted molar refractivity (Wildman–Crippen MR) is 65.2 cm³/mol. The summed E-state index contributed by atoms with van der Waals surface area (Å²) in [6.07, 6.45) is 1.51. The van der Waals surface area contributed by atoms with E-state index in [1.54, 1.807) is 6.92 Å². The Morgan fingerprint density at radius 1 is 1.76 bits per heavy atom. The molecule has 96 valence electrons. The van der Waals surface area contributed by atoms with E-state index in [9.17, 15) is 0 Å². The van der Waals surface area contributed by atoms with Gasteiger partial charge in [0.05, 0.1) is 6.61 Å². The summed E-state index contributed by atoms with van der Waals surface area (Å²) in [6.45, 7) is 5.66. The third-order valence-corrected chi connectivity index (χ3v) is 2.27. The maximum atomic E-state index is 8.42. The number of ether oxygens (including phenoxy) is 1. The molecule has 1 aromatic heterocycles. The molecule has 0 radical (unpaired) electrons. The number of nitrogens with zero attached hydrogens (tertiary/aromatic N) is 3. The van der Waals surface area contributed by atoms with E-state index < -0.39 is 6.10 Å². The van der Waals surface area contributed by atoms with E-state index >= 15 is 0 Å². The fourth-order valence-corrected chi connectivity index (χ4v) is 1.21. The highest BCUT2D eigenvalue weighted by Crippen LogP contribution is 2.01. The molecule has 7 heteroatoms. The van der Waals surface area contributed by atoms with Gasteiger partial charge in [-0.3, -0.25) is 4.68 Å². The Hall–Kier alpha value is -1.76. The third-order valence-electron chi connectivity index (χ3n) is 2.27. The second kappa shape index (κ2) is 6.74. The molecule has 7 nitrogen and oxygen atoms in total. The van der Waals surface area contributed by atoms with E-state index in [2.05, 4.69) is 15.6 Å². The Balaban J connectivity index is 2.20. The maximum absolute atomic E-state index is 8.42. The molecule has 0 saturated heterocycles. The Kier molecular flexibility index (Phi) is 5.28. The summed E-state index contributed by atoms with van der Waals surface area (Å²) < 4.78 is 7.17. The van der Waals surface area contributed by atoms with Gasteiger partial charge in [-0.1, -0.05) is 5.16 Å². The predicted octanol–water partition coefficient (Wildman–Crippen LogP) is 0.466. The smallest absolute Gasteiger partial charge is 0.168 e. The summed E-state index contributed by atoms with van der Waals surface area (Å²) in [6, 6.07) is 1.90. The van der Waals surface area contributed by atoms with Gasteiger partial charge in [0.25, 0.3) is 0 Å².